The largest absolute Gasteiger partial charge is 0.307 e. The number of hydrogen-bond donors (Lipinski definition) is 1. The first-order valence-corrected chi connectivity index (χ1v) is 12.3. The van der Waals surface area contributed by atoms with Crippen LogP contribution in [0.4, 0.5) is 0 Å². The average molecular weight is 430 g/mol. The van der Waals surface area contributed by atoms with Crippen molar-refractivity contribution in [2.75, 3.05) is 6.26 Å². The molecule has 0 fully saturated rings. The van der Waals surface area contributed by atoms with E-state index in [9.17, 15) is 13.2 Å². The molecule has 29 heavy (non-hydrogen) atoms. The minimum absolute atomic E-state index is 0.0639. The van der Waals surface area contributed by atoms with E-state index < -0.39 is 10.0 Å². The fourth-order valence-electron chi connectivity index (χ4n) is 3.91. The molecule has 0 aliphatic carbocycles. The predicted molar refractivity (Wildman–Crippen MR) is 116 cm³/mol. The predicted octanol–water partition coefficient (Wildman–Crippen LogP) is 2.93. The van der Waals surface area contributed by atoms with Gasteiger partial charge in [0.25, 0.3) is 5.56 Å². The van der Waals surface area contributed by atoms with Gasteiger partial charge >= 0.3 is 0 Å². The topological polar surface area (TPSA) is 81.1 Å². The average Bonchev–Trinajstić information content (AvgIpc) is 3.15. The second kappa shape index (κ2) is 7.85. The molecule has 3 heterocycles. The molecule has 0 radical (unpaired) electrons. The zero-order valence-electron chi connectivity index (χ0n) is 16.3. The van der Waals surface area contributed by atoms with E-state index >= 15 is 0 Å². The van der Waals surface area contributed by atoms with Crippen LogP contribution in [0.1, 0.15) is 29.4 Å². The quantitative estimate of drug-likeness (QED) is 0.676. The SMILES string of the molecule is Cc1ccc2n(c1=O)[C@@H](Cc1csc(-c3ccccc3)n1)[C@@H](NS(C)(=O)=O)CC2. The van der Waals surface area contributed by atoms with Gasteiger partial charge in [-0.25, -0.2) is 18.1 Å². The van der Waals surface area contributed by atoms with Crippen LogP contribution in [-0.4, -0.2) is 30.3 Å². The van der Waals surface area contributed by atoms with Crippen molar-refractivity contribution < 1.29 is 8.42 Å². The summed E-state index contributed by atoms with van der Waals surface area (Å²) in [7, 11) is -3.40. The summed E-state index contributed by atoms with van der Waals surface area (Å²) in [5.41, 5.74) is 3.44. The highest BCUT2D eigenvalue weighted by Crippen LogP contribution is 2.30. The number of nitrogens with one attached hydrogen (secondary N) is 1. The van der Waals surface area contributed by atoms with Gasteiger partial charge in [-0.05, 0) is 25.8 Å². The standard InChI is InChI=1S/C21H23N3O3S2/c1-14-8-9-17-10-11-18(23-29(2,26)27)19(24(17)21(14)25)12-16-13-28-20(22-16)15-6-4-3-5-7-15/h3-9,13,18-19,23H,10-12H2,1-2H3/t18-,19-/m0/s1. The van der Waals surface area contributed by atoms with Crippen molar-refractivity contribution in [2.24, 2.45) is 0 Å². The van der Waals surface area contributed by atoms with Crippen LogP contribution >= 0.6 is 11.3 Å². The van der Waals surface area contributed by atoms with Gasteiger partial charge in [-0.3, -0.25) is 4.79 Å². The Balaban J connectivity index is 1.72. The summed E-state index contributed by atoms with van der Waals surface area (Å²) >= 11 is 1.56. The Bertz CT molecular complexity index is 1180. The van der Waals surface area contributed by atoms with E-state index in [2.05, 4.69) is 4.72 Å². The summed E-state index contributed by atoms with van der Waals surface area (Å²) in [6, 6.07) is 13.1. The summed E-state index contributed by atoms with van der Waals surface area (Å²) in [4.78, 5) is 17.7. The van der Waals surface area contributed by atoms with Crippen molar-refractivity contribution in [3.05, 3.63) is 75.1 Å². The number of fused-ring (bicyclic) bond motifs is 1. The molecule has 8 heteroatoms. The number of hydrogen-bond acceptors (Lipinski definition) is 5. The third-order valence-corrected chi connectivity index (χ3v) is 6.93. The second-order valence-electron chi connectivity index (χ2n) is 7.50. The molecular weight excluding hydrogens is 406 g/mol. The first-order chi connectivity index (χ1) is 13.8. The van der Waals surface area contributed by atoms with Crippen molar-refractivity contribution in [2.45, 2.75) is 38.3 Å². The number of aryl methyl sites for hydroxylation is 2. The first-order valence-electron chi connectivity index (χ1n) is 9.50. The Kier molecular flexibility index (Phi) is 5.42. The number of sulfonamides is 1. The highest BCUT2D eigenvalue weighted by atomic mass is 32.2. The lowest BCUT2D eigenvalue weighted by Crippen LogP contribution is -2.48. The molecule has 152 valence electrons. The number of rotatable bonds is 5. The van der Waals surface area contributed by atoms with Gasteiger partial charge in [0.2, 0.25) is 10.0 Å². The van der Waals surface area contributed by atoms with Gasteiger partial charge < -0.3 is 4.57 Å². The summed E-state index contributed by atoms with van der Waals surface area (Å²) < 4.78 is 28.4. The lowest BCUT2D eigenvalue weighted by Gasteiger charge is -2.35. The summed E-state index contributed by atoms with van der Waals surface area (Å²) in [6.45, 7) is 1.79. The Morgan fingerprint density at radius 1 is 1.21 bits per heavy atom. The molecule has 0 spiro atoms. The number of pyridine rings is 1. The molecule has 3 aromatic rings. The van der Waals surface area contributed by atoms with E-state index in [4.69, 9.17) is 4.98 Å². The van der Waals surface area contributed by atoms with Crippen molar-refractivity contribution >= 4 is 21.4 Å². The molecule has 1 aliphatic rings. The Hall–Kier alpha value is -2.29. The zero-order valence-corrected chi connectivity index (χ0v) is 18.0. The van der Waals surface area contributed by atoms with Crippen LogP contribution in [0.25, 0.3) is 10.6 Å². The van der Waals surface area contributed by atoms with Crippen LogP contribution in [-0.2, 0) is 22.9 Å². The Morgan fingerprint density at radius 3 is 2.69 bits per heavy atom. The van der Waals surface area contributed by atoms with Gasteiger partial charge in [0.1, 0.15) is 5.01 Å². The van der Waals surface area contributed by atoms with Crippen LogP contribution in [0.5, 0.6) is 0 Å². The molecule has 0 saturated carbocycles. The van der Waals surface area contributed by atoms with Gasteiger partial charge in [-0.15, -0.1) is 11.3 Å². The van der Waals surface area contributed by atoms with E-state index in [0.717, 1.165) is 28.2 Å². The molecular formula is C21H23N3O3S2. The first kappa shape index (κ1) is 20.0. The zero-order chi connectivity index (χ0) is 20.6. The highest BCUT2D eigenvalue weighted by molar-refractivity contribution is 7.88. The van der Waals surface area contributed by atoms with Crippen LogP contribution in [0.15, 0.2) is 52.6 Å². The fraction of sp³-hybridized carbons (Fsp3) is 0.333. The third-order valence-electron chi connectivity index (χ3n) is 5.26. The minimum Gasteiger partial charge on any atom is -0.307 e. The van der Waals surface area contributed by atoms with Crippen molar-refractivity contribution in [1.29, 1.82) is 0 Å². The maximum atomic E-state index is 12.9. The third kappa shape index (κ3) is 4.34. The molecule has 0 bridgehead atoms. The number of thiazole rings is 1. The van der Waals surface area contributed by atoms with E-state index in [1.54, 1.807) is 22.8 Å². The molecule has 2 aromatic heterocycles. The Morgan fingerprint density at radius 2 is 1.97 bits per heavy atom. The smallest absolute Gasteiger partial charge is 0.253 e. The molecule has 2 atom stereocenters. The summed E-state index contributed by atoms with van der Waals surface area (Å²) in [6.07, 6.45) is 2.96. The van der Waals surface area contributed by atoms with Gasteiger partial charge in [0.05, 0.1) is 18.0 Å². The monoisotopic (exact) mass is 429 g/mol. The number of nitrogens with zero attached hydrogens (tertiary/aromatic N) is 2. The van der Waals surface area contributed by atoms with Crippen LogP contribution in [0.2, 0.25) is 0 Å². The fourth-order valence-corrected chi connectivity index (χ4v) is 5.57. The van der Waals surface area contributed by atoms with E-state index in [0.29, 0.717) is 24.8 Å². The van der Waals surface area contributed by atoms with Crippen LogP contribution in [0, 0.1) is 6.92 Å². The van der Waals surface area contributed by atoms with Gasteiger partial charge in [0, 0.05) is 34.7 Å². The molecule has 0 amide bonds. The van der Waals surface area contributed by atoms with E-state index in [1.165, 1.54) is 0 Å². The van der Waals surface area contributed by atoms with Crippen LogP contribution in [0.3, 0.4) is 0 Å². The molecule has 1 aromatic carbocycles. The maximum Gasteiger partial charge on any atom is 0.253 e. The Labute approximate surface area is 174 Å². The number of aromatic nitrogens is 2. The van der Waals surface area contributed by atoms with E-state index in [1.807, 2.05) is 47.8 Å². The minimum atomic E-state index is -3.40. The van der Waals surface area contributed by atoms with Crippen molar-refractivity contribution in [1.82, 2.24) is 14.3 Å². The van der Waals surface area contributed by atoms with Crippen LogP contribution < -0.4 is 10.3 Å². The molecule has 6 nitrogen and oxygen atoms in total. The molecule has 0 unspecified atom stereocenters. The van der Waals surface area contributed by atoms with Crippen molar-refractivity contribution in [3.63, 3.8) is 0 Å². The second-order valence-corrected chi connectivity index (χ2v) is 10.1. The lowest BCUT2D eigenvalue weighted by molar-refractivity contribution is 0.313. The summed E-state index contributed by atoms with van der Waals surface area (Å²) in [5.74, 6) is 0. The molecule has 1 N–H and O–H groups in total. The molecule has 0 saturated heterocycles. The number of benzene rings is 1. The maximum absolute atomic E-state index is 12.9. The van der Waals surface area contributed by atoms with E-state index in [-0.39, 0.29) is 17.6 Å². The normalized spacial score (nSPS) is 19.1. The molecule has 4 rings (SSSR count). The van der Waals surface area contributed by atoms with Crippen molar-refractivity contribution in [3.8, 4) is 10.6 Å². The van der Waals surface area contributed by atoms with Gasteiger partial charge in [-0.2, -0.15) is 0 Å². The van der Waals surface area contributed by atoms with Gasteiger partial charge in [0.15, 0.2) is 0 Å². The lowest BCUT2D eigenvalue weighted by atomic mass is 9.93. The van der Waals surface area contributed by atoms with Gasteiger partial charge in [-0.1, -0.05) is 36.4 Å². The highest BCUT2D eigenvalue weighted by Gasteiger charge is 2.33. The molecule has 1 aliphatic heterocycles. The summed E-state index contributed by atoms with van der Waals surface area (Å²) in [5, 5.41) is 2.91.